The van der Waals surface area contributed by atoms with E-state index in [0.29, 0.717) is 11.3 Å². The van der Waals surface area contributed by atoms with E-state index in [1.165, 1.54) is 0 Å². The van der Waals surface area contributed by atoms with E-state index >= 15 is 0 Å². The minimum Gasteiger partial charge on any atom is -0.378 e. The van der Waals surface area contributed by atoms with Crippen molar-refractivity contribution in [2.24, 2.45) is 0 Å². The number of hydrogen-bond donors (Lipinski definition) is 3. The van der Waals surface area contributed by atoms with Gasteiger partial charge < -0.3 is 20.2 Å². The summed E-state index contributed by atoms with van der Waals surface area (Å²) < 4.78 is 0. The molecule has 0 spiro atoms. The molecule has 0 aliphatic rings. The van der Waals surface area contributed by atoms with Crippen molar-refractivity contribution in [1.82, 2.24) is 19.9 Å². The number of H-pyrrole nitrogens is 2. The summed E-state index contributed by atoms with van der Waals surface area (Å²) in [6.45, 7) is 0. The van der Waals surface area contributed by atoms with Crippen LogP contribution in [0.25, 0.3) is 32.7 Å². The smallest absolute Gasteiger partial charge is 0.272 e. The van der Waals surface area contributed by atoms with Crippen LogP contribution in [-0.2, 0) is 0 Å². The average molecular weight is 370 g/mol. The highest BCUT2D eigenvalue weighted by molar-refractivity contribution is 6.17. The highest BCUT2D eigenvalue weighted by Crippen LogP contribution is 2.33. The Bertz CT molecular complexity index is 1400. The van der Waals surface area contributed by atoms with Crippen molar-refractivity contribution in [3.05, 3.63) is 65.3 Å². The molecule has 0 unspecified atom stereocenters. The van der Waals surface area contributed by atoms with Crippen molar-refractivity contribution < 1.29 is 0 Å². The van der Waals surface area contributed by atoms with Crippen molar-refractivity contribution in [3.8, 4) is 0 Å². The normalized spacial score (nSPS) is 11.4. The van der Waals surface area contributed by atoms with E-state index in [1.54, 1.807) is 18.6 Å². The number of hydrogen-bond acceptors (Lipinski definition) is 5. The maximum absolute atomic E-state index is 12.2. The van der Waals surface area contributed by atoms with Gasteiger partial charge in [0, 0.05) is 60.2 Å². The zero-order valence-corrected chi connectivity index (χ0v) is 15.4. The van der Waals surface area contributed by atoms with Crippen LogP contribution in [0.2, 0.25) is 0 Å². The fourth-order valence-corrected chi connectivity index (χ4v) is 3.50. The minimum absolute atomic E-state index is 0.161. The molecule has 0 aliphatic carbocycles. The van der Waals surface area contributed by atoms with E-state index in [-0.39, 0.29) is 5.56 Å². The van der Waals surface area contributed by atoms with Gasteiger partial charge in [0.05, 0.1) is 11.0 Å². The molecular formula is C21H18N6O. The number of benzene rings is 1. The van der Waals surface area contributed by atoms with E-state index in [0.717, 1.165) is 38.6 Å². The summed E-state index contributed by atoms with van der Waals surface area (Å²) in [7, 11) is 4.01. The van der Waals surface area contributed by atoms with Gasteiger partial charge in [-0.05, 0) is 30.3 Å². The van der Waals surface area contributed by atoms with Crippen LogP contribution in [0.5, 0.6) is 0 Å². The molecule has 7 heteroatoms. The fraction of sp³-hybridized carbons (Fsp3) is 0.0952. The predicted octanol–water partition coefficient (Wildman–Crippen LogP) is 3.76. The summed E-state index contributed by atoms with van der Waals surface area (Å²) in [5.41, 5.74) is 3.97. The molecule has 0 bridgehead atoms. The van der Waals surface area contributed by atoms with Crippen LogP contribution in [0, 0.1) is 0 Å². The molecular weight excluding hydrogens is 352 g/mol. The Morgan fingerprint density at radius 2 is 1.93 bits per heavy atom. The number of aromatic amines is 2. The SMILES string of the molecule is CN(C)c1cccc(Nc2nc3c4cc[nH]c(=O)c4[nH]c3c3ccncc23)c1. The third-order valence-corrected chi connectivity index (χ3v) is 4.90. The lowest BCUT2D eigenvalue weighted by atomic mass is 10.1. The van der Waals surface area contributed by atoms with Crippen LogP contribution in [0.15, 0.2) is 59.8 Å². The molecule has 4 aromatic heterocycles. The van der Waals surface area contributed by atoms with Crippen molar-refractivity contribution in [2.45, 2.75) is 0 Å². The first kappa shape index (κ1) is 16.3. The van der Waals surface area contributed by atoms with E-state index in [2.05, 4.69) is 26.3 Å². The summed E-state index contributed by atoms with van der Waals surface area (Å²) in [6, 6.07) is 11.9. The summed E-state index contributed by atoms with van der Waals surface area (Å²) >= 11 is 0. The van der Waals surface area contributed by atoms with Crippen LogP contribution in [0.1, 0.15) is 0 Å². The second-order valence-corrected chi connectivity index (χ2v) is 6.90. The van der Waals surface area contributed by atoms with Gasteiger partial charge in [0.2, 0.25) is 0 Å². The third kappa shape index (κ3) is 2.48. The first-order valence-corrected chi connectivity index (χ1v) is 8.93. The van der Waals surface area contributed by atoms with Gasteiger partial charge in [-0.2, -0.15) is 0 Å². The Hall–Kier alpha value is -3.87. The van der Waals surface area contributed by atoms with Crippen LogP contribution in [0.3, 0.4) is 0 Å². The third-order valence-electron chi connectivity index (χ3n) is 4.90. The van der Waals surface area contributed by atoms with Crippen LogP contribution >= 0.6 is 0 Å². The fourth-order valence-electron chi connectivity index (χ4n) is 3.50. The van der Waals surface area contributed by atoms with Crippen molar-refractivity contribution in [2.75, 3.05) is 24.3 Å². The second kappa shape index (κ2) is 6.09. The topological polar surface area (TPSA) is 89.7 Å². The van der Waals surface area contributed by atoms with Crippen molar-refractivity contribution in [3.63, 3.8) is 0 Å². The van der Waals surface area contributed by atoms with E-state index in [1.807, 2.05) is 49.3 Å². The lowest BCUT2D eigenvalue weighted by Crippen LogP contribution is -2.08. The van der Waals surface area contributed by atoms with Crippen molar-refractivity contribution in [1.29, 1.82) is 0 Å². The highest BCUT2D eigenvalue weighted by Gasteiger charge is 2.15. The number of nitrogens with zero attached hydrogens (tertiary/aromatic N) is 3. The molecule has 0 aliphatic heterocycles. The summed E-state index contributed by atoms with van der Waals surface area (Å²) in [4.78, 5) is 29.3. The molecule has 0 saturated carbocycles. The first-order chi connectivity index (χ1) is 13.6. The molecule has 1 aromatic carbocycles. The average Bonchev–Trinajstić information content (AvgIpc) is 3.09. The molecule has 138 valence electrons. The quantitative estimate of drug-likeness (QED) is 0.450. The van der Waals surface area contributed by atoms with Gasteiger partial charge in [-0.15, -0.1) is 0 Å². The lowest BCUT2D eigenvalue weighted by Gasteiger charge is -2.15. The van der Waals surface area contributed by atoms with E-state index < -0.39 is 0 Å². The highest BCUT2D eigenvalue weighted by atomic mass is 16.1. The molecule has 0 saturated heterocycles. The van der Waals surface area contributed by atoms with Gasteiger partial charge in [0.15, 0.2) is 0 Å². The van der Waals surface area contributed by atoms with E-state index in [9.17, 15) is 4.79 Å². The van der Waals surface area contributed by atoms with Gasteiger partial charge >= 0.3 is 0 Å². The number of nitrogens with one attached hydrogen (secondary N) is 3. The molecule has 4 heterocycles. The number of pyridine rings is 3. The summed E-state index contributed by atoms with van der Waals surface area (Å²) in [5.74, 6) is 0.702. The molecule has 0 fully saturated rings. The van der Waals surface area contributed by atoms with Gasteiger partial charge in [-0.3, -0.25) is 9.78 Å². The molecule has 5 aromatic rings. The molecule has 5 rings (SSSR count). The molecule has 0 amide bonds. The van der Waals surface area contributed by atoms with Gasteiger partial charge in [0.1, 0.15) is 11.3 Å². The minimum atomic E-state index is -0.161. The Kier molecular flexibility index (Phi) is 3.55. The summed E-state index contributed by atoms with van der Waals surface area (Å²) in [5, 5.41) is 6.06. The molecule has 0 atom stereocenters. The maximum Gasteiger partial charge on any atom is 0.272 e. The summed E-state index contributed by atoms with van der Waals surface area (Å²) in [6.07, 6.45) is 5.17. The Morgan fingerprint density at radius 3 is 2.79 bits per heavy atom. The Balaban J connectivity index is 1.78. The monoisotopic (exact) mass is 370 g/mol. The van der Waals surface area contributed by atoms with Gasteiger partial charge in [-0.25, -0.2) is 4.98 Å². The Morgan fingerprint density at radius 1 is 1.04 bits per heavy atom. The maximum atomic E-state index is 12.2. The number of rotatable bonds is 3. The zero-order valence-electron chi connectivity index (χ0n) is 15.4. The Labute approximate surface area is 160 Å². The van der Waals surface area contributed by atoms with Crippen molar-refractivity contribution >= 4 is 49.9 Å². The van der Waals surface area contributed by atoms with Crippen LogP contribution in [-0.4, -0.2) is 34.0 Å². The molecule has 0 radical (unpaired) electrons. The van der Waals surface area contributed by atoms with E-state index in [4.69, 9.17) is 4.98 Å². The number of anilines is 3. The largest absolute Gasteiger partial charge is 0.378 e. The molecule has 28 heavy (non-hydrogen) atoms. The predicted molar refractivity (Wildman–Crippen MR) is 114 cm³/mol. The lowest BCUT2D eigenvalue weighted by molar-refractivity contribution is 1.13. The van der Waals surface area contributed by atoms with Crippen LogP contribution in [0.4, 0.5) is 17.2 Å². The van der Waals surface area contributed by atoms with Gasteiger partial charge in [-0.1, -0.05) is 6.07 Å². The number of fused-ring (bicyclic) bond motifs is 5. The number of aromatic nitrogens is 4. The first-order valence-electron chi connectivity index (χ1n) is 8.93. The molecule has 3 N–H and O–H groups in total. The zero-order chi connectivity index (χ0) is 19.3. The molecule has 7 nitrogen and oxygen atoms in total. The van der Waals surface area contributed by atoms with Crippen LogP contribution < -0.4 is 15.8 Å². The van der Waals surface area contributed by atoms with Gasteiger partial charge in [0.25, 0.3) is 5.56 Å². The second-order valence-electron chi connectivity index (χ2n) is 6.90. The standard InChI is InChI=1S/C21H18N6O/c1-27(2)13-5-3-4-12(10-13)24-20-16-11-22-8-6-14(16)17-18(26-20)15-7-9-23-21(28)19(15)25-17/h3-11,25H,1-2H3,(H,23,28)(H,24,26).